The van der Waals surface area contributed by atoms with Crippen molar-refractivity contribution in [1.82, 2.24) is 4.98 Å². The zero-order chi connectivity index (χ0) is 27.9. The largest absolute Gasteiger partial charge is 0.440 e. The summed E-state index contributed by atoms with van der Waals surface area (Å²) in [6.45, 7) is 9.71. The second-order valence-electron chi connectivity index (χ2n) is 13.1. The Hall–Kier alpha value is -4.31. The third-order valence-electron chi connectivity index (χ3n) is 9.68. The van der Waals surface area contributed by atoms with Crippen LogP contribution in [0.2, 0.25) is 0 Å². The number of hydrogen-bond donors (Lipinski definition) is 0. The molecule has 5 aromatic rings. The van der Waals surface area contributed by atoms with E-state index in [1.165, 1.54) is 57.4 Å². The lowest BCUT2D eigenvalue weighted by atomic mass is 9.34. The fraction of sp³-hybridized carbons (Fsp3) is 0.216. The van der Waals surface area contributed by atoms with Crippen molar-refractivity contribution in [3.8, 4) is 22.8 Å². The average Bonchev–Trinajstić information content (AvgIpc) is 2.99. The molecule has 0 bridgehead atoms. The molecule has 0 amide bonds. The van der Waals surface area contributed by atoms with Crippen molar-refractivity contribution in [3.63, 3.8) is 0 Å². The van der Waals surface area contributed by atoms with Crippen LogP contribution < -0.4 is 26.0 Å². The highest BCUT2D eigenvalue weighted by atomic mass is 16.5. The van der Waals surface area contributed by atoms with Crippen LogP contribution >= 0.6 is 0 Å². The van der Waals surface area contributed by atoms with Crippen LogP contribution in [0.5, 0.6) is 11.6 Å². The number of aromatic nitrogens is 1. The Morgan fingerprint density at radius 2 is 1.37 bits per heavy atom. The fourth-order valence-electron chi connectivity index (χ4n) is 7.35. The molecule has 0 saturated carbocycles. The molecule has 3 nitrogen and oxygen atoms in total. The molecule has 1 aromatic heterocycles. The minimum atomic E-state index is 0.0555. The summed E-state index contributed by atoms with van der Waals surface area (Å²) in [5.74, 6) is 1.60. The van der Waals surface area contributed by atoms with Crippen LogP contribution in [0.3, 0.4) is 0 Å². The topological polar surface area (TPSA) is 25.4 Å². The average molecular weight is 532 g/mol. The van der Waals surface area contributed by atoms with Crippen molar-refractivity contribution >= 4 is 40.2 Å². The monoisotopic (exact) mass is 532 g/mol. The zero-order valence-corrected chi connectivity index (χ0v) is 24.1. The maximum atomic E-state index is 6.49. The highest BCUT2D eigenvalue weighted by Crippen LogP contribution is 2.50. The van der Waals surface area contributed by atoms with Gasteiger partial charge < -0.3 is 9.64 Å². The second-order valence-corrected chi connectivity index (χ2v) is 13.1. The number of ether oxygens (including phenoxy) is 1. The summed E-state index contributed by atoms with van der Waals surface area (Å²) in [6, 6.07) is 35.2. The Bertz CT molecular complexity index is 1840. The first-order valence-electron chi connectivity index (χ1n) is 14.7. The van der Waals surface area contributed by atoms with Crippen molar-refractivity contribution < 1.29 is 4.74 Å². The Balaban J connectivity index is 1.48. The molecule has 0 fully saturated rings. The molecule has 4 aromatic carbocycles. The van der Waals surface area contributed by atoms with Crippen LogP contribution in [0.15, 0.2) is 103 Å². The third-order valence-corrected chi connectivity index (χ3v) is 9.68. The normalized spacial score (nSPS) is 17.1. The van der Waals surface area contributed by atoms with Gasteiger partial charge in [-0.15, -0.1) is 0 Å². The number of hydrogen-bond acceptors (Lipinski definition) is 3. The number of nitrogens with zero attached hydrogens (tertiary/aromatic N) is 2. The Kier molecular flexibility index (Phi) is 5.13. The number of pyridine rings is 1. The van der Waals surface area contributed by atoms with E-state index >= 15 is 0 Å². The molecule has 8 rings (SSSR count). The Morgan fingerprint density at radius 1 is 0.683 bits per heavy atom. The molecule has 0 radical (unpaired) electrons. The van der Waals surface area contributed by atoms with Crippen molar-refractivity contribution in [2.45, 2.75) is 51.4 Å². The Morgan fingerprint density at radius 3 is 2.17 bits per heavy atom. The van der Waals surface area contributed by atoms with E-state index in [1.807, 2.05) is 6.20 Å². The van der Waals surface area contributed by atoms with E-state index in [-0.39, 0.29) is 17.5 Å². The number of rotatable bonds is 2. The van der Waals surface area contributed by atoms with Gasteiger partial charge in [0, 0.05) is 28.6 Å². The molecule has 3 aliphatic rings. The molecule has 0 spiro atoms. The summed E-state index contributed by atoms with van der Waals surface area (Å²) in [5.41, 5.74) is 12.8. The van der Waals surface area contributed by atoms with Crippen LogP contribution in [0, 0.1) is 0 Å². The molecule has 0 atom stereocenters. The lowest BCUT2D eigenvalue weighted by molar-refractivity contribution is 0.332. The van der Waals surface area contributed by atoms with E-state index in [9.17, 15) is 0 Å². The van der Waals surface area contributed by atoms with E-state index < -0.39 is 0 Å². The fourth-order valence-corrected chi connectivity index (χ4v) is 7.35. The lowest BCUT2D eigenvalue weighted by Crippen LogP contribution is -2.60. The molecule has 0 N–H and O–H groups in total. The number of anilines is 3. The van der Waals surface area contributed by atoms with E-state index in [0.717, 1.165) is 16.9 Å². The standard InChI is InChI=1S/C37H33BN2O/c1-36(2)19-20-37(3,4)27-23-32-29(22-26(27)36)38-28-15-9-11-17-33(28)41-35-34(38)31(18-21-39-35)40(32)30-16-10-8-14-25(30)24-12-6-5-7-13-24/h5-18,21-23H,19-20H2,1-4H3. The van der Waals surface area contributed by atoms with Crippen LogP contribution in [0.25, 0.3) is 11.1 Å². The van der Waals surface area contributed by atoms with Gasteiger partial charge in [-0.3, -0.25) is 0 Å². The van der Waals surface area contributed by atoms with Crippen LogP contribution in [0.1, 0.15) is 51.7 Å². The van der Waals surface area contributed by atoms with Gasteiger partial charge in [-0.25, -0.2) is 4.98 Å². The van der Waals surface area contributed by atoms with Crippen LogP contribution in [0.4, 0.5) is 17.1 Å². The van der Waals surface area contributed by atoms with Gasteiger partial charge in [-0.2, -0.15) is 0 Å². The third kappa shape index (κ3) is 3.56. The lowest BCUT2D eigenvalue weighted by Gasteiger charge is -2.46. The predicted octanol–water partition coefficient (Wildman–Crippen LogP) is 7.50. The Labute approximate surface area is 242 Å². The van der Waals surface area contributed by atoms with Gasteiger partial charge in [0.05, 0.1) is 5.69 Å². The summed E-state index contributed by atoms with van der Waals surface area (Å²) in [4.78, 5) is 7.26. The predicted molar refractivity (Wildman–Crippen MR) is 171 cm³/mol. The molecular weight excluding hydrogens is 499 g/mol. The van der Waals surface area contributed by atoms with E-state index in [0.29, 0.717) is 5.88 Å². The molecule has 0 saturated heterocycles. The molecule has 4 heteroatoms. The van der Waals surface area contributed by atoms with Crippen LogP contribution in [-0.2, 0) is 10.8 Å². The maximum absolute atomic E-state index is 6.49. The molecule has 2 aliphatic heterocycles. The van der Waals surface area contributed by atoms with Gasteiger partial charge in [-0.05, 0) is 75.6 Å². The molecule has 200 valence electrons. The first-order chi connectivity index (χ1) is 19.8. The number of fused-ring (bicyclic) bond motifs is 5. The molecule has 0 unspecified atom stereocenters. The van der Waals surface area contributed by atoms with E-state index in [1.54, 1.807) is 0 Å². The maximum Gasteiger partial charge on any atom is 0.258 e. The molecule has 1 aliphatic carbocycles. The van der Waals surface area contributed by atoms with Gasteiger partial charge in [0.1, 0.15) is 5.75 Å². The second kappa shape index (κ2) is 8.60. The molecule has 3 heterocycles. The summed E-state index contributed by atoms with van der Waals surface area (Å²) >= 11 is 0. The van der Waals surface area contributed by atoms with Gasteiger partial charge in [0.2, 0.25) is 5.88 Å². The first-order valence-corrected chi connectivity index (χ1v) is 14.7. The summed E-state index contributed by atoms with van der Waals surface area (Å²) in [5, 5.41) is 0. The smallest absolute Gasteiger partial charge is 0.258 e. The van der Waals surface area contributed by atoms with Gasteiger partial charge in [-0.1, -0.05) is 100 Å². The number of para-hydroxylation sites is 2. The molecule has 41 heavy (non-hydrogen) atoms. The molecular formula is C37H33BN2O. The van der Waals surface area contributed by atoms with E-state index in [4.69, 9.17) is 9.72 Å². The quantitative estimate of drug-likeness (QED) is 0.216. The highest BCUT2D eigenvalue weighted by Gasteiger charge is 2.45. The minimum absolute atomic E-state index is 0.0555. The summed E-state index contributed by atoms with van der Waals surface area (Å²) < 4.78 is 6.49. The van der Waals surface area contributed by atoms with Crippen molar-refractivity contribution in [3.05, 3.63) is 114 Å². The van der Waals surface area contributed by atoms with Gasteiger partial charge >= 0.3 is 0 Å². The van der Waals surface area contributed by atoms with Crippen molar-refractivity contribution in [2.75, 3.05) is 4.90 Å². The minimum Gasteiger partial charge on any atom is -0.440 e. The van der Waals surface area contributed by atoms with Crippen molar-refractivity contribution in [1.29, 1.82) is 0 Å². The van der Waals surface area contributed by atoms with Gasteiger partial charge in [0.15, 0.2) is 0 Å². The summed E-state index contributed by atoms with van der Waals surface area (Å²) in [7, 11) is 0. The SMILES string of the molecule is CC1(C)CCC(C)(C)c2cc3c(cc21)B1c2ccccc2Oc2nccc(c21)N3c1ccccc1-c1ccccc1. The number of benzene rings is 4. The van der Waals surface area contributed by atoms with Gasteiger partial charge in [0.25, 0.3) is 6.71 Å². The zero-order valence-electron chi connectivity index (χ0n) is 24.1. The van der Waals surface area contributed by atoms with E-state index in [2.05, 4.69) is 130 Å². The summed E-state index contributed by atoms with van der Waals surface area (Å²) in [6.07, 6.45) is 4.25. The first kappa shape index (κ1) is 24.5. The van der Waals surface area contributed by atoms with Crippen molar-refractivity contribution in [2.24, 2.45) is 0 Å². The van der Waals surface area contributed by atoms with Crippen LogP contribution in [-0.4, -0.2) is 11.7 Å². The highest BCUT2D eigenvalue weighted by molar-refractivity contribution is 6.99.